The smallest absolute Gasteiger partial charge is 0.234 e. The Morgan fingerprint density at radius 1 is 1.20 bits per heavy atom. The Balaban J connectivity index is 2.58. The zero-order valence-corrected chi connectivity index (χ0v) is 12.8. The Hall–Kier alpha value is -1.40. The van der Waals surface area contributed by atoms with Crippen LogP contribution in [0.1, 0.15) is 13.8 Å². The van der Waals surface area contributed by atoms with E-state index in [4.69, 9.17) is 0 Å². The molecule has 0 unspecified atom stereocenters. The average molecular weight is 298 g/mol. The summed E-state index contributed by atoms with van der Waals surface area (Å²) in [5, 5.41) is 2.71. The molecule has 0 aliphatic carbocycles. The standard InChI is InChI=1S/C14H22N2O3S/c1-3-15-14(17)12-16(4-2)10-11-20(18,19)13-8-6-5-7-9-13/h5-9H,3-4,10-12H2,1-2H3,(H,15,17). The van der Waals surface area contributed by atoms with Gasteiger partial charge in [0.1, 0.15) is 0 Å². The van der Waals surface area contributed by atoms with Crippen LogP contribution in [0, 0.1) is 0 Å². The van der Waals surface area contributed by atoms with Crippen molar-refractivity contribution in [3.8, 4) is 0 Å². The summed E-state index contributed by atoms with van der Waals surface area (Å²) < 4.78 is 24.3. The second kappa shape index (κ2) is 8.01. The summed E-state index contributed by atoms with van der Waals surface area (Å²) in [5.74, 6) is -0.0592. The second-order valence-electron chi connectivity index (χ2n) is 4.45. The van der Waals surface area contributed by atoms with Gasteiger partial charge in [-0.3, -0.25) is 9.69 Å². The summed E-state index contributed by atoms with van der Waals surface area (Å²) in [6.45, 7) is 5.57. The van der Waals surface area contributed by atoms with Crippen molar-refractivity contribution in [2.24, 2.45) is 0 Å². The number of nitrogens with one attached hydrogen (secondary N) is 1. The number of benzene rings is 1. The quantitative estimate of drug-likeness (QED) is 0.775. The van der Waals surface area contributed by atoms with E-state index in [9.17, 15) is 13.2 Å². The number of carbonyl (C=O) groups excluding carboxylic acids is 1. The van der Waals surface area contributed by atoms with E-state index in [1.165, 1.54) is 0 Å². The van der Waals surface area contributed by atoms with Crippen molar-refractivity contribution in [3.05, 3.63) is 30.3 Å². The monoisotopic (exact) mass is 298 g/mol. The molecular formula is C14H22N2O3S. The molecule has 0 spiro atoms. The summed E-state index contributed by atoms with van der Waals surface area (Å²) in [4.78, 5) is 13.7. The van der Waals surface area contributed by atoms with Crippen molar-refractivity contribution >= 4 is 15.7 Å². The van der Waals surface area contributed by atoms with Gasteiger partial charge in [0.05, 0.1) is 17.2 Å². The predicted molar refractivity (Wildman–Crippen MR) is 79.3 cm³/mol. The van der Waals surface area contributed by atoms with Crippen LogP contribution in [-0.2, 0) is 14.6 Å². The number of carbonyl (C=O) groups is 1. The van der Waals surface area contributed by atoms with E-state index in [1.807, 2.05) is 18.7 Å². The largest absolute Gasteiger partial charge is 0.355 e. The van der Waals surface area contributed by atoms with Crippen molar-refractivity contribution in [1.29, 1.82) is 0 Å². The van der Waals surface area contributed by atoms with Crippen molar-refractivity contribution in [1.82, 2.24) is 10.2 Å². The highest BCUT2D eigenvalue weighted by Crippen LogP contribution is 2.10. The van der Waals surface area contributed by atoms with E-state index in [-0.39, 0.29) is 18.2 Å². The molecule has 1 amide bonds. The Bertz CT molecular complexity index is 514. The molecule has 1 N–H and O–H groups in total. The van der Waals surface area contributed by atoms with E-state index >= 15 is 0 Å². The van der Waals surface area contributed by atoms with E-state index in [0.29, 0.717) is 24.5 Å². The second-order valence-corrected chi connectivity index (χ2v) is 6.56. The van der Waals surface area contributed by atoms with Crippen LogP contribution in [0.5, 0.6) is 0 Å². The van der Waals surface area contributed by atoms with Crippen LogP contribution >= 0.6 is 0 Å². The van der Waals surface area contributed by atoms with E-state index in [0.717, 1.165) is 0 Å². The van der Waals surface area contributed by atoms with Gasteiger partial charge >= 0.3 is 0 Å². The lowest BCUT2D eigenvalue weighted by atomic mass is 10.4. The molecule has 0 saturated heterocycles. The number of hydrogen-bond acceptors (Lipinski definition) is 4. The molecule has 1 aromatic carbocycles. The summed E-state index contributed by atoms with van der Waals surface area (Å²) >= 11 is 0. The molecular weight excluding hydrogens is 276 g/mol. The fourth-order valence-electron chi connectivity index (χ4n) is 1.80. The lowest BCUT2D eigenvalue weighted by molar-refractivity contribution is -0.122. The topological polar surface area (TPSA) is 66.5 Å². The molecule has 112 valence electrons. The summed E-state index contributed by atoms with van der Waals surface area (Å²) in [5.41, 5.74) is 0. The number of rotatable bonds is 8. The van der Waals surface area contributed by atoms with Gasteiger partial charge in [-0.1, -0.05) is 25.1 Å². The Labute approximate surface area is 120 Å². The van der Waals surface area contributed by atoms with Gasteiger partial charge in [0.15, 0.2) is 9.84 Å². The number of hydrogen-bond donors (Lipinski definition) is 1. The van der Waals surface area contributed by atoms with Crippen LogP contribution < -0.4 is 5.32 Å². The van der Waals surface area contributed by atoms with E-state index < -0.39 is 9.84 Å². The molecule has 6 heteroatoms. The molecule has 5 nitrogen and oxygen atoms in total. The zero-order valence-electron chi connectivity index (χ0n) is 12.0. The third-order valence-corrected chi connectivity index (χ3v) is 4.68. The summed E-state index contributed by atoms with van der Waals surface area (Å²) in [7, 11) is -3.29. The third-order valence-electron chi connectivity index (χ3n) is 2.97. The first-order valence-corrected chi connectivity index (χ1v) is 8.41. The zero-order chi connectivity index (χ0) is 15.0. The third kappa shape index (κ3) is 5.30. The van der Waals surface area contributed by atoms with Crippen LogP contribution in [0.2, 0.25) is 0 Å². The van der Waals surface area contributed by atoms with Crippen LogP contribution in [0.15, 0.2) is 35.2 Å². The molecule has 0 radical (unpaired) electrons. The first-order chi connectivity index (χ1) is 9.49. The highest BCUT2D eigenvalue weighted by molar-refractivity contribution is 7.91. The molecule has 0 bridgehead atoms. The summed E-state index contributed by atoms with van der Waals surface area (Å²) in [6.07, 6.45) is 0. The van der Waals surface area contributed by atoms with Crippen LogP contribution in [0.4, 0.5) is 0 Å². The fraction of sp³-hybridized carbons (Fsp3) is 0.500. The van der Waals surface area contributed by atoms with Crippen LogP contribution in [-0.4, -0.2) is 51.2 Å². The molecule has 0 aromatic heterocycles. The molecule has 0 fully saturated rings. The number of likely N-dealkylation sites (N-methyl/N-ethyl adjacent to an activating group) is 2. The highest BCUT2D eigenvalue weighted by Gasteiger charge is 2.16. The first kappa shape index (κ1) is 16.7. The molecule has 20 heavy (non-hydrogen) atoms. The molecule has 0 aliphatic heterocycles. The molecule has 0 heterocycles. The van der Waals surface area contributed by atoms with Crippen LogP contribution in [0.25, 0.3) is 0 Å². The van der Waals surface area contributed by atoms with Gasteiger partial charge in [0.25, 0.3) is 0 Å². The summed E-state index contributed by atoms with van der Waals surface area (Å²) in [6, 6.07) is 8.38. The maximum Gasteiger partial charge on any atom is 0.234 e. The van der Waals surface area contributed by atoms with Crippen molar-refractivity contribution in [2.75, 3.05) is 31.9 Å². The van der Waals surface area contributed by atoms with Crippen molar-refractivity contribution in [3.63, 3.8) is 0 Å². The van der Waals surface area contributed by atoms with Crippen molar-refractivity contribution < 1.29 is 13.2 Å². The van der Waals surface area contributed by atoms with Gasteiger partial charge in [-0.15, -0.1) is 0 Å². The van der Waals surface area contributed by atoms with Gasteiger partial charge < -0.3 is 5.32 Å². The molecule has 1 aromatic rings. The Kier molecular flexibility index (Phi) is 6.67. The van der Waals surface area contributed by atoms with Gasteiger partial charge in [-0.05, 0) is 25.6 Å². The minimum atomic E-state index is -3.29. The maximum absolute atomic E-state index is 12.1. The maximum atomic E-state index is 12.1. The number of nitrogens with zero attached hydrogens (tertiary/aromatic N) is 1. The molecule has 1 rings (SSSR count). The normalized spacial score (nSPS) is 11.6. The van der Waals surface area contributed by atoms with Gasteiger partial charge in [-0.25, -0.2) is 8.42 Å². The number of sulfone groups is 1. The minimum Gasteiger partial charge on any atom is -0.355 e. The van der Waals surface area contributed by atoms with Gasteiger partial charge in [0.2, 0.25) is 5.91 Å². The Morgan fingerprint density at radius 2 is 1.85 bits per heavy atom. The number of amides is 1. The average Bonchev–Trinajstić information content (AvgIpc) is 2.44. The van der Waals surface area contributed by atoms with E-state index in [1.54, 1.807) is 30.3 Å². The molecule has 0 atom stereocenters. The van der Waals surface area contributed by atoms with Crippen molar-refractivity contribution in [2.45, 2.75) is 18.7 Å². The minimum absolute atomic E-state index is 0.0181. The SMILES string of the molecule is CCNC(=O)CN(CC)CCS(=O)(=O)c1ccccc1. The lowest BCUT2D eigenvalue weighted by Gasteiger charge is -2.19. The van der Waals surface area contributed by atoms with E-state index in [2.05, 4.69) is 5.32 Å². The fourth-order valence-corrected chi connectivity index (χ4v) is 3.11. The lowest BCUT2D eigenvalue weighted by Crippen LogP contribution is -2.39. The van der Waals surface area contributed by atoms with Gasteiger partial charge in [-0.2, -0.15) is 0 Å². The predicted octanol–water partition coefficient (Wildman–Crippen LogP) is 0.918. The molecule has 0 saturated carbocycles. The first-order valence-electron chi connectivity index (χ1n) is 6.76. The highest BCUT2D eigenvalue weighted by atomic mass is 32.2. The molecule has 0 aliphatic rings. The Morgan fingerprint density at radius 3 is 2.40 bits per heavy atom. The van der Waals surface area contributed by atoms with Gasteiger partial charge in [0, 0.05) is 13.1 Å². The van der Waals surface area contributed by atoms with Crippen LogP contribution in [0.3, 0.4) is 0 Å².